The topological polar surface area (TPSA) is 89.1 Å². The van der Waals surface area contributed by atoms with Crippen LogP contribution in [-0.2, 0) is 4.79 Å². The zero-order valence-electron chi connectivity index (χ0n) is 18.3. The number of rotatable bonds is 7. The summed E-state index contributed by atoms with van der Waals surface area (Å²) in [6, 6.07) is 0.986. The van der Waals surface area contributed by atoms with Crippen LogP contribution in [0.3, 0.4) is 0 Å². The number of carbonyl (C=O) groups is 2. The quantitative estimate of drug-likeness (QED) is 0.259. The lowest BCUT2D eigenvalue weighted by Gasteiger charge is -2.36. The minimum absolute atomic E-state index is 0.124. The molecular weight excluding hydrogens is 368 g/mol. The van der Waals surface area contributed by atoms with Crippen molar-refractivity contribution in [1.82, 2.24) is 25.8 Å². The van der Waals surface area contributed by atoms with E-state index >= 15 is 0 Å². The van der Waals surface area contributed by atoms with Gasteiger partial charge in [-0.1, -0.05) is 19.8 Å². The van der Waals surface area contributed by atoms with Gasteiger partial charge in [0, 0.05) is 45.3 Å². The summed E-state index contributed by atoms with van der Waals surface area (Å²) in [5, 5.41) is 9.66. The third-order valence-corrected chi connectivity index (χ3v) is 6.84. The summed E-state index contributed by atoms with van der Waals surface area (Å²) in [6.07, 6.45) is 9.11. The summed E-state index contributed by atoms with van der Waals surface area (Å²) in [5.41, 5.74) is -0.754. The third kappa shape index (κ3) is 5.21. The molecule has 2 saturated heterocycles. The van der Waals surface area contributed by atoms with Crippen molar-refractivity contribution in [3.63, 3.8) is 0 Å². The monoisotopic (exact) mass is 406 g/mol. The van der Waals surface area contributed by atoms with E-state index in [1.54, 1.807) is 14.0 Å². The summed E-state index contributed by atoms with van der Waals surface area (Å²) in [7, 11) is 1.78. The fraction of sp³-hybridized carbons (Fsp3) is 0.857. The number of imide groups is 1. The van der Waals surface area contributed by atoms with Gasteiger partial charge in [0.15, 0.2) is 5.96 Å². The molecule has 8 heteroatoms. The average molecular weight is 407 g/mol. The van der Waals surface area contributed by atoms with E-state index < -0.39 is 5.54 Å². The van der Waals surface area contributed by atoms with E-state index in [9.17, 15) is 9.59 Å². The number of nitrogens with one attached hydrogen (secondary N) is 3. The van der Waals surface area contributed by atoms with Gasteiger partial charge in [0.2, 0.25) is 0 Å². The molecule has 2 heterocycles. The molecule has 2 aliphatic heterocycles. The van der Waals surface area contributed by atoms with Gasteiger partial charge in [-0.15, -0.1) is 0 Å². The molecule has 29 heavy (non-hydrogen) atoms. The fourth-order valence-corrected chi connectivity index (χ4v) is 4.70. The minimum Gasteiger partial charge on any atom is -0.356 e. The van der Waals surface area contributed by atoms with Crippen LogP contribution in [-0.4, -0.2) is 78.5 Å². The van der Waals surface area contributed by atoms with Crippen molar-refractivity contribution in [3.8, 4) is 0 Å². The number of likely N-dealkylation sites (tertiary alicyclic amines) is 1. The molecule has 0 aromatic heterocycles. The molecule has 3 aliphatic rings. The number of amides is 3. The number of urea groups is 1. The first-order valence-electron chi connectivity index (χ1n) is 11.3. The number of hydrogen-bond acceptors (Lipinski definition) is 4. The molecule has 3 fully saturated rings. The van der Waals surface area contributed by atoms with E-state index in [0.29, 0.717) is 32.0 Å². The van der Waals surface area contributed by atoms with Gasteiger partial charge in [-0.3, -0.25) is 14.7 Å². The average Bonchev–Trinajstić information content (AvgIpc) is 3.33. The second-order valence-electron chi connectivity index (χ2n) is 8.82. The number of nitrogens with zero attached hydrogens (tertiary/aromatic N) is 3. The Labute approximate surface area is 174 Å². The van der Waals surface area contributed by atoms with E-state index in [4.69, 9.17) is 0 Å². The highest BCUT2D eigenvalue weighted by Gasteiger charge is 2.45. The Kier molecular flexibility index (Phi) is 7.38. The molecule has 1 saturated carbocycles. The summed E-state index contributed by atoms with van der Waals surface area (Å²) in [5.74, 6) is 0.682. The first-order chi connectivity index (χ1) is 14.0. The normalized spacial score (nSPS) is 27.6. The van der Waals surface area contributed by atoms with Gasteiger partial charge >= 0.3 is 6.03 Å². The summed E-state index contributed by atoms with van der Waals surface area (Å²) < 4.78 is 0. The van der Waals surface area contributed by atoms with Crippen LogP contribution < -0.4 is 16.0 Å². The molecule has 0 radical (unpaired) electrons. The first-order valence-corrected chi connectivity index (χ1v) is 11.3. The van der Waals surface area contributed by atoms with Gasteiger partial charge in [0.1, 0.15) is 5.54 Å². The highest BCUT2D eigenvalue weighted by molar-refractivity contribution is 6.06. The predicted molar refractivity (Wildman–Crippen MR) is 115 cm³/mol. The van der Waals surface area contributed by atoms with Crippen LogP contribution in [0.2, 0.25) is 0 Å². The molecule has 1 unspecified atom stereocenters. The van der Waals surface area contributed by atoms with Crippen molar-refractivity contribution in [2.45, 2.75) is 82.8 Å². The second kappa shape index (κ2) is 9.78. The minimum atomic E-state index is -0.754. The molecule has 0 aromatic rings. The Balaban J connectivity index is 1.35. The molecular formula is C21H38N6O2. The lowest BCUT2D eigenvalue weighted by atomic mass is 9.99. The van der Waals surface area contributed by atoms with Gasteiger partial charge in [0.25, 0.3) is 5.91 Å². The van der Waals surface area contributed by atoms with E-state index in [1.807, 2.05) is 6.92 Å². The molecule has 1 aliphatic carbocycles. The van der Waals surface area contributed by atoms with Crippen LogP contribution in [0.4, 0.5) is 4.79 Å². The summed E-state index contributed by atoms with van der Waals surface area (Å²) in [4.78, 5) is 32.8. The summed E-state index contributed by atoms with van der Waals surface area (Å²) in [6.45, 7) is 7.13. The highest BCUT2D eigenvalue weighted by Crippen LogP contribution is 2.26. The van der Waals surface area contributed by atoms with Crippen LogP contribution in [0.15, 0.2) is 4.99 Å². The largest absolute Gasteiger partial charge is 0.356 e. The predicted octanol–water partition coefficient (Wildman–Crippen LogP) is 1.67. The number of guanidine groups is 1. The molecule has 164 valence electrons. The van der Waals surface area contributed by atoms with Crippen LogP contribution in [0.25, 0.3) is 0 Å². The molecule has 3 amide bonds. The van der Waals surface area contributed by atoms with E-state index in [0.717, 1.165) is 24.8 Å². The lowest BCUT2D eigenvalue weighted by molar-refractivity contribution is -0.130. The molecule has 0 spiro atoms. The van der Waals surface area contributed by atoms with Gasteiger partial charge in [0.05, 0.1) is 0 Å². The maximum Gasteiger partial charge on any atom is 0.325 e. The first kappa shape index (κ1) is 21.9. The van der Waals surface area contributed by atoms with Crippen molar-refractivity contribution < 1.29 is 9.59 Å². The van der Waals surface area contributed by atoms with Crippen LogP contribution >= 0.6 is 0 Å². The molecule has 3 rings (SSSR count). The molecule has 3 N–H and O–H groups in total. The number of aliphatic imine (C=N–C) groups is 1. The molecule has 1 atom stereocenters. The van der Waals surface area contributed by atoms with E-state index in [-0.39, 0.29) is 11.9 Å². The van der Waals surface area contributed by atoms with Gasteiger partial charge < -0.3 is 20.9 Å². The van der Waals surface area contributed by atoms with Crippen LogP contribution in [0.5, 0.6) is 0 Å². The van der Waals surface area contributed by atoms with Crippen molar-refractivity contribution in [2.75, 3.05) is 33.2 Å². The van der Waals surface area contributed by atoms with Gasteiger partial charge in [-0.05, 0) is 45.4 Å². The van der Waals surface area contributed by atoms with Crippen molar-refractivity contribution >= 4 is 17.9 Å². The Morgan fingerprint density at radius 1 is 1.21 bits per heavy atom. The molecule has 8 nitrogen and oxygen atoms in total. The fourth-order valence-electron chi connectivity index (χ4n) is 4.70. The number of carbonyl (C=O) groups excluding carboxylic acids is 2. The van der Waals surface area contributed by atoms with E-state index in [2.05, 4.69) is 25.8 Å². The zero-order valence-corrected chi connectivity index (χ0v) is 18.3. The van der Waals surface area contributed by atoms with Crippen molar-refractivity contribution in [3.05, 3.63) is 0 Å². The van der Waals surface area contributed by atoms with Gasteiger partial charge in [-0.25, -0.2) is 4.79 Å². The Hall–Kier alpha value is -1.83. The van der Waals surface area contributed by atoms with Crippen molar-refractivity contribution in [2.24, 2.45) is 4.99 Å². The Bertz CT molecular complexity index is 610. The zero-order chi connectivity index (χ0) is 20.9. The Morgan fingerprint density at radius 3 is 2.48 bits per heavy atom. The van der Waals surface area contributed by atoms with Gasteiger partial charge in [-0.2, -0.15) is 0 Å². The highest BCUT2D eigenvalue weighted by atomic mass is 16.2. The van der Waals surface area contributed by atoms with Crippen LogP contribution in [0, 0.1) is 0 Å². The SMILES string of the molecule is CCC1(C)NC(=O)N(CCCNC(=NC)NC2CCN(C3CCCC3)CC2)C1=O. The van der Waals surface area contributed by atoms with Crippen LogP contribution in [0.1, 0.15) is 65.2 Å². The summed E-state index contributed by atoms with van der Waals surface area (Å²) >= 11 is 0. The maximum absolute atomic E-state index is 12.4. The van der Waals surface area contributed by atoms with Crippen molar-refractivity contribution in [1.29, 1.82) is 0 Å². The smallest absolute Gasteiger partial charge is 0.325 e. The maximum atomic E-state index is 12.4. The standard InChI is InChI=1S/C21H38N6O2/c1-4-21(2)18(28)27(20(29)25-21)13-7-12-23-19(22-3)24-16-10-14-26(15-11-16)17-8-5-6-9-17/h16-17H,4-15H2,1-3H3,(H,25,29)(H2,22,23,24). The lowest BCUT2D eigenvalue weighted by Crippen LogP contribution is -2.50. The van der Waals surface area contributed by atoms with E-state index in [1.165, 1.54) is 43.7 Å². The Morgan fingerprint density at radius 2 is 1.90 bits per heavy atom. The second-order valence-corrected chi connectivity index (χ2v) is 8.82. The molecule has 0 aromatic carbocycles. The molecule has 0 bridgehead atoms. The number of piperidine rings is 1. The number of hydrogen-bond donors (Lipinski definition) is 3. The third-order valence-electron chi connectivity index (χ3n) is 6.84.